The molecule has 0 aliphatic carbocycles. The molecule has 1 aromatic carbocycles. The fraction of sp³-hybridized carbons (Fsp3) is 0.0714. The van der Waals surface area contributed by atoms with Crippen molar-refractivity contribution in [1.82, 2.24) is 14.8 Å². The highest BCUT2D eigenvalue weighted by Gasteiger charge is 2.02. The molecule has 6 heteroatoms. The van der Waals surface area contributed by atoms with Crippen molar-refractivity contribution >= 4 is 39.4 Å². The van der Waals surface area contributed by atoms with Crippen LogP contribution in [0.4, 0.5) is 5.82 Å². The van der Waals surface area contributed by atoms with Crippen molar-refractivity contribution in [1.29, 1.82) is 0 Å². The number of hydrogen-bond acceptors (Lipinski definition) is 4. The molecule has 0 saturated heterocycles. The minimum absolute atomic E-state index is 0.219. The topological polar surface area (TPSA) is 59.8 Å². The van der Waals surface area contributed by atoms with E-state index in [4.69, 9.17) is 0 Å². The van der Waals surface area contributed by atoms with Crippen molar-refractivity contribution in [2.45, 2.75) is 0 Å². The van der Waals surface area contributed by atoms with E-state index in [2.05, 4.69) is 15.4 Å². The van der Waals surface area contributed by atoms with Gasteiger partial charge >= 0.3 is 0 Å². The van der Waals surface area contributed by atoms with Crippen LogP contribution in [-0.2, 0) is 11.8 Å². The number of nitrogens with zero attached hydrogens (tertiary/aromatic N) is 3. The zero-order chi connectivity index (χ0) is 13.9. The van der Waals surface area contributed by atoms with Crippen molar-refractivity contribution in [2.24, 2.45) is 7.05 Å². The molecule has 0 bridgehead atoms. The summed E-state index contributed by atoms with van der Waals surface area (Å²) >= 11 is 1.55. The van der Waals surface area contributed by atoms with E-state index < -0.39 is 0 Å². The third-order valence-electron chi connectivity index (χ3n) is 2.65. The Labute approximate surface area is 119 Å². The lowest BCUT2D eigenvalue weighted by molar-refractivity contribution is -0.111. The number of fused-ring (bicyclic) bond motifs is 1. The van der Waals surface area contributed by atoms with E-state index in [-0.39, 0.29) is 5.91 Å². The quantitative estimate of drug-likeness (QED) is 0.752. The van der Waals surface area contributed by atoms with Gasteiger partial charge < -0.3 is 5.32 Å². The van der Waals surface area contributed by atoms with Crippen LogP contribution in [0.5, 0.6) is 0 Å². The molecule has 3 aromatic rings. The molecule has 0 atom stereocenters. The van der Waals surface area contributed by atoms with E-state index in [9.17, 15) is 4.79 Å². The van der Waals surface area contributed by atoms with Gasteiger partial charge in [0, 0.05) is 25.4 Å². The van der Waals surface area contributed by atoms with Crippen molar-refractivity contribution in [2.75, 3.05) is 5.32 Å². The van der Waals surface area contributed by atoms with Crippen molar-refractivity contribution in [3.05, 3.63) is 47.6 Å². The highest BCUT2D eigenvalue weighted by atomic mass is 32.1. The molecule has 5 nitrogen and oxygen atoms in total. The molecular formula is C14H12N4OS. The maximum atomic E-state index is 11.7. The molecule has 100 valence electrons. The van der Waals surface area contributed by atoms with E-state index in [1.807, 2.05) is 24.3 Å². The highest BCUT2D eigenvalue weighted by molar-refractivity contribution is 7.19. The summed E-state index contributed by atoms with van der Waals surface area (Å²) in [6, 6.07) is 9.63. The summed E-state index contributed by atoms with van der Waals surface area (Å²) in [6.07, 6.45) is 4.95. The highest BCUT2D eigenvalue weighted by Crippen LogP contribution is 2.22. The second-order valence-electron chi connectivity index (χ2n) is 4.22. The van der Waals surface area contributed by atoms with Crippen LogP contribution in [0.15, 0.2) is 42.6 Å². The molecule has 0 fully saturated rings. The zero-order valence-electron chi connectivity index (χ0n) is 10.8. The van der Waals surface area contributed by atoms with E-state index in [1.54, 1.807) is 41.4 Å². The van der Waals surface area contributed by atoms with Gasteiger partial charge in [0.15, 0.2) is 5.82 Å². The fourth-order valence-electron chi connectivity index (χ4n) is 1.76. The zero-order valence-corrected chi connectivity index (χ0v) is 11.6. The molecule has 0 radical (unpaired) electrons. The van der Waals surface area contributed by atoms with Gasteiger partial charge in [-0.15, -0.1) is 11.3 Å². The van der Waals surface area contributed by atoms with Crippen molar-refractivity contribution in [3.8, 4) is 0 Å². The van der Waals surface area contributed by atoms with E-state index >= 15 is 0 Å². The standard InChI is InChI=1S/C14H12N4OS/c1-18-9-8-12(17-18)16-13(19)6-7-14-15-10-4-2-3-5-11(10)20-14/h2-9H,1H3,(H,16,17,19)/b7-6+. The average Bonchev–Trinajstić information content (AvgIpc) is 3.02. The van der Waals surface area contributed by atoms with Crippen LogP contribution >= 0.6 is 11.3 Å². The molecule has 20 heavy (non-hydrogen) atoms. The molecule has 1 N–H and O–H groups in total. The van der Waals surface area contributed by atoms with Crippen LogP contribution in [0.3, 0.4) is 0 Å². The van der Waals surface area contributed by atoms with Gasteiger partial charge in [0.2, 0.25) is 5.91 Å². The number of aryl methyl sites for hydroxylation is 1. The first-order valence-corrected chi connectivity index (χ1v) is 6.87. The van der Waals surface area contributed by atoms with Crippen LogP contribution in [-0.4, -0.2) is 20.7 Å². The third-order valence-corrected chi connectivity index (χ3v) is 3.65. The maximum Gasteiger partial charge on any atom is 0.249 e. The summed E-state index contributed by atoms with van der Waals surface area (Å²) in [5, 5.41) is 7.57. The number of nitrogens with one attached hydrogen (secondary N) is 1. The summed E-state index contributed by atoms with van der Waals surface area (Å²) < 4.78 is 2.74. The van der Waals surface area contributed by atoms with Crippen LogP contribution in [0.2, 0.25) is 0 Å². The molecule has 3 rings (SSSR count). The smallest absolute Gasteiger partial charge is 0.249 e. The van der Waals surface area contributed by atoms with Gasteiger partial charge in [0.1, 0.15) is 5.01 Å². The number of amides is 1. The Hall–Kier alpha value is -2.47. The Balaban J connectivity index is 1.71. The Morgan fingerprint density at radius 1 is 1.35 bits per heavy atom. The lowest BCUT2D eigenvalue weighted by Crippen LogP contribution is -2.08. The van der Waals surface area contributed by atoms with Gasteiger partial charge in [0.05, 0.1) is 10.2 Å². The van der Waals surface area contributed by atoms with Crippen LogP contribution in [0, 0.1) is 0 Å². The molecular weight excluding hydrogens is 272 g/mol. The van der Waals surface area contributed by atoms with Crippen LogP contribution in [0.1, 0.15) is 5.01 Å². The van der Waals surface area contributed by atoms with Gasteiger partial charge in [-0.1, -0.05) is 12.1 Å². The number of carbonyl (C=O) groups excluding carboxylic acids is 1. The summed E-state index contributed by atoms with van der Waals surface area (Å²) in [7, 11) is 1.80. The largest absolute Gasteiger partial charge is 0.306 e. The minimum Gasteiger partial charge on any atom is -0.306 e. The second kappa shape index (κ2) is 5.26. The van der Waals surface area contributed by atoms with Gasteiger partial charge in [-0.2, -0.15) is 5.10 Å². The lowest BCUT2D eigenvalue weighted by atomic mass is 10.3. The number of thiazole rings is 1. The predicted molar refractivity (Wildman–Crippen MR) is 80.5 cm³/mol. The Morgan fingerprint density at radius 3 is 2.95 bits per heavy atom. The number of para-hydroxylation sites is 1. The molecule has 0 saturated carbocycles. The molecule has 0 aliphatic heterocycles. The summed E-state index contributed by atoms with van der Waals surface area (Å²) in [5.41, 5.74) is 0.947. The SMILES string of the molecule is Cn1ccc(NC(=O)/C=C/c2nc3ccccc3s2)n1. The summed E-state index contributed by atoms with van der Waals surface area (Å²) in [6.45, 7) is 0. The molecule has 0 unspecified atom stereocenters. The summed E-state index contributed by atoms with van der Waals surface area (Å²) in [4.78, 5) is 16.2. The van der Waals surface area contributed by atoms with Crippen molar-refractivity contribution < 1.29 is 4.79 Å². The number of carbonyl (C=O) groups is 1. The second-order valence-corrected chi connectivity index (χ2v) is 5.28. The minimum atomic E-state index is -0.219. The number of hydrogen-bond donors (Lipinski definition) is 1. The van der Waals surface area contributed by atoms with E-state index in [0.717, 1.165) is 15.2 Å². The molecule has 2 heterocycles. The Kier molecular flexibility index (Phi) is 3.30. The van der Waals surface area contributed by atoms with Gasteiger partial charge in [-0.05, 0) is 18.2 Å². The van der Waals surface area contributed by atoms with Gasteiger partial charge in [-0.3, -0.25) is 9.48 Å². The molecule has 1 amide bonds. The average molecular weight is 284 g/mol. The number of anilines is 1. The first kappa shape index (κ1) is 12.6. The Morgan fingerprint density at radius 2 is 2.20 bits per heavy atom. The number of aromatic nitrogens is 3. The number of benzene rings is 1. The van der Waals surface area contributed by atoms with Crippen LogP contribution in [0.25, 0.3) is 16.3 Å². The number of rotatable bonds is 3. The van der Waals surface area contributed by atoms with Crippen molar-refractivity contribution in [3.63, 3.8) is 0 Å². The fourth-order valence-corrected chi connectivity index (χ4v) is 2.63. The first-order valence-electron chi connectivity index (χ1n) is 6.05. The van der Waals surface area contributed by atoms with Gasteiger partial charge in [0.25, 0.3) is 0 Å². The first-order chi connectivity index (χ1) is 9.70. The normalized spacial score (nSPS) is 11.2. The van der Waals surface area contributed by atoms with E-state index in [0.29, 0.717) is 5.82 Å². The third kappa shape index (κ3) is 2.75. The Bertz CT molecular complexity index is 754. The predicted octanol–water partition coefficient (Wildman–Crippen LogP) is 2.68. The molecule has 0 aliphatic rings. The molecule has 0 spiro atoms. The van der Waals surface area contributed by atoms with Crippen LogP contribution < -0.4 is 5.32 Å². The lowest BCUT2D eigenvalue weighted by Gasteiger charge is -1.95. The summed E-state index contributed by atoms with van der Waals surface area (Å²) in [5.74, 6) is 0.314. The monoisotopic (exact) mass is 284 g/mol. The van der Waals surface area contributed by atoms with Gasteiger partial charge in [-0.25, -0.2) is 4.98 Å². The van der Waals surface area contributed by atoms with E-state index in [1.165, 1.54) is 6.08 Å². The molecule has 2 aromatic heterocycles. The maximum absolute atomic E-state index is 11.7.